The van der Waals surface area contributed by atoms with Crippen LogP contribution in [0.25, 0.3) is 10.9 Å². The van der Waals surface area contributed by atoms with Crippen molar-refractivity contribution in [2.75, 3.05) is 13.7 Å². The summed E-state index contributed by atoms with van der Waals surface area (Å²) in [6.07, 6.45) is 7.15. The Labute approximate surface area is 180 Å². The molecule has 0 amide bonds. The highest BCUT2D eigenvalue weighted by Crippen LogP contribution is 2.32. The van der Waals surface area contributed by atoms with E-state index in [1.54, 1.807) is 30.5 Å². The van der Waals surface area contributed by atoms with E-state index in [1.807, 2.05) is 24.3 Å². The van der Waals surface area contributed by atoms with E-state index in [1.165, 1.54) is 18.2 Å². The van der Waals surface area contributed by atoms with Gasteiger partial charge in [0, 0.05) is 5.92 Å². The largest absolute Gasteiger partial charge is 0.493 e. The first kappa shape index (κ1) is 20.6. The van der Waals surface area contributed by atoms with Gasteiger partial charge in [-0.3, -0.25) is 4.79 Å². The summed E-state index contributed by atoms with van der Waals surface area (Å²) in [7, 11) is 1.54. The van der Waals surface area contributed by atoms with E-state index in [-0.39, 0.29) is 18.1 Å². The maximum atomic E-state index is 13.2. The molecule has 158 valence electrons. The molecule has 1 heterocycles. The van der Waals surface area contributed by atoms with Gasteiger partial charge in [0.2, 0.25) is 0 Å². The van der Waals surface area contributed by atoms with Crippen LogP contribution in [-0.4, -0.2) is 29.6 Å². The van der Waals surface area contributed by atoms with Crippen LogP contribution < -0.4 is 15.0 Å². The molecule has 1 aromatic heterocycles. The van der Waals surface area contributed by atoms with Gasteiger partial charge < -0.3 is 9.47 Å². The Morgan fingerprint density at radius 1 is 1.19 bits per heavy atom. The number of nitriles is 1. The minimum absolute atomic E-state index is 0.0628. The molecule has 31 heavy (non-hydrogen) atoms. The predicted molar refractivity (Wildman–Crippen MR) is 119 cm³/mol. The van der Waals surface area contributed by atoms with E-state index in [0.29, 0.717) is 22.4 Å². The Kier molecular flexibility index (Phi) is 6.27. The molecule has 1 saturated carbocycles. The van der Waals surface area contributed by atoms with Crippen LogP contribution in [-0.2, 0) is 0 Å². The summed E-state index contributed by atoms with van der Waals surface area (Å²) < 4.78 is 12.2. The Bertz CT molecular complexity index is 1200. The number of benzene rings is 2. The van der Waals surface area contributed by atoms with Gasteiger partial charge in [0.15, 0.2) is 18.1 Å². The van der Waals surface area contributed by atoms with Gasteiger partial charge in [-0.15, -0.1) is 0 Å². The third kappa shape index (κ3) is 4.43. The fourth-order valence-electron chi connectivity index (χ4n) is 4.00. The molecular weight excluding hydrogens is 392 g/mol. The summed E-state index contributed by atoms with van der Waals surface area (Å²) in [5.74, 6) is 1.92. The van der Waals surface area contributed by atoms with Crippen molar-refractivity contribution >= 4 is 17.1 Å². The van der Waals surface area contributed by atoms with Gasteiger partial charge in [0.05, 0.1) is 24.2 Å². The maximum absolute atomic E-state index is 13.2. The van der Waals surface area contributed by atoms with Crippen LogP contribution in [0.2, 0.25) is 0 Å². The highest BCUT2D eigenvalue weighted by atomic mass is 16.5. The molecule has 2 aromatic carbocycles. The molecule has 4 rings (SSSR count). The number of hydrogen-bond donors (Lipinski definition) is 0. The lowest BCUT2D eigenvalue weighted by Crippen LogP contribution is -2.25. The quantitative estimate of drug-likeness (QED) is 0.561. The summed E-state index contributed by atoms with van der Waals surface area (Å²) in [6, 6.07) is 14.6. The van der Waals surface area contributed by atoms with E-state index in [4.69, 9.17) is 19.7 Å². The van der Waals surface area contributed by atoms with Crippen molar-refractivity contribution in [3.8, 4) is 17.6 Å². The van der Waals surface area contributed by atoms with Crippen molar-refractivity contribution < 1.29 is 9.47 Å². The van der Waals surface area contributed by atoms with Crippen LogP contribution in [0.1, 0.15) is 49.4 Å². The van der Waals surface area contributed by atoms with Crippen LogP contribution in [0.5, 0.6) is 11.5 Å². The molecule has 0 bridgehead atoms. The molecule has 7 heteroatoms. The lowest BCUT2D eigenvalue weighted by Gasteiger charge is -2.22. The maximum Gasteiger partial charge on any atom is 0.282 e. The number of para-hydroxylation sites is 1. The van der Waals surface area contributed by atoms with Crippen molar-refractivity contribution in [3.63, 3.8) is 0 Å². The van der Waals surface area contributed by atoms with Crippen LogP contribution >= 0.6 is 0 Å². The number of methoxy groups -OCH3 is 1. The number of nitrogens with zero attached hydrogens (tertiary/aromatic N) is 4. The zero-order valence-electron chi connectivity index (χ0n) is 17.5. The van der Waals surface area contributed by atoms with Gasteiger partial charge in [-0.25, -0.2) is 4.98 Å². The summed E-state index contributed by atoms with van der Waals surface area (Å²) in [4.78, 5) is 18.1. The van der Waals surface area contributed by atoms with Crippen LogP contribution in [0.15, 0.2) is 52.4 Å². The molecule has 0 spiro atoms. The van der Waals surface area contributed by atoms with Crippen molar-refractivity contribution in [3.05, 3.63) is 64.2 Å². The van der Waals surface area contributed by atoms with Gasteiger partial charge in [-0.1, -0.05) is 31.4 Å². The van der Waals surface area contributed by atoms with Gasteiger partial charge in [-0.05, 0) is 48.7 Å². The van der Waals surface area contributed by atoms with Gasteiger partial charge in [0.1, 0.15) is 11.9 Å². The predicted octanol–water partition coefficient (Wildman–Crippen LogP) is 4.24. The second kappa shape index (κ2) is 9.43. The fraction of sp³-hybridized carbons (Fsp3) is 0.333. The van der Waals surface area contributed by atoms with Crippen LogP contribution in [0.3, 0.4) is 0 Å². The Hall–Kier alpha value is -3.66. The van der Waals surface area contributed by atoms with E-state index < -0.39 is 0 Å². The topological polar surface area (TPSA) is 89.5 Å². The molecule has 1 aliphatic rings. The van der Waals surface area contributed by atoms with E-state index >= 15 is 0 Å². The molecule has 0 saturated heterocycles. The summed E-state index contributed by atoms with van der Waals surface area (Å²) in [5, 5.41) is 13.8. The second-order valence-corrected chi connectivity index (χ2v) is 7.54. The minimum atomic E-state index is -0.164. The zero-order chi connectivity index (χ0) is 21.6. The molecule has 0 aliphatic heterocycles. The molecule has 0 N–H and O–H groups in total. The van der Waals surface area contributed by atoms with Gasteiger partial charge >= 0.3 is 0 Å². The van der Waals surface area contributed by atoms with Crippen molar-refractivity contribution in [1.82, 2.24) is 9.66 Å². The monoisotopic (exact) mass is 416 g/mol. The highest BCUT2D eigenvalue weighted by Gasteiger charge is 2.22. The number of hydrogen-bond acceptors (Lipinski definition) is 6. The number of aromatic nitrogens is 2. The van der Waals surface area contributed by atoms with Gasteiger partial charge in [-0.2, -0.15) is 15.0 Å². The SMILES string of the molecule is COc1cc(C=Nn2c(C3CCCCC3)nc3ccccc3c2=O)ccc1OCC#N. The second-order valence-electron chi connectivity index (χ2n) is 7.54. The fourth-order valence-corrected chi connectivity index (χ4v) is 4.00. The lowest BCUT2D eigenvalue weighted by atomic mass is 9.88. The first-order chi connectivity index (χ1) is 15.2. The van der Waals surface area contributed by atoms with Crippen molar-refractivity contribution in [2.24, 2.45) is 5.10 Å². The summed E-state index contributed by atoms with van der Waals surface area (Å²) in [5.41, 5.74) is 1.29. The molecule has 1 fully saturated rings. The van der Waals surface area contributed by atoms with E-state index in [2.05, 4.69) is 5.10 Å². The molecule has 1 aliphatic carbocycles. The molecule has 0 atom stereocenters. The molecule has 3 aromatic rings. The summed E-state index contributed by atoms with van der Waals surface area (Å²) in [6.45, 7) is -0.0628. The van der Waals surface area contributed by atoms with Crippen LogP contribution in [0, 0.1) is 11.3 Å². The minimum Gasteiger partial charge on any atom is -0.493 e. The van der Waals surface area contributed by atoms with Crippen molar-refractivity contribution in [2.45, 2.75) is 38.0 Å². The standard InChI is InChI=1S/C24H24N4O3/c1-30-22-15-17(11-12-21(22)31-14-13-25)16-26-28-23(18-7-3-2-4-8-18)27-20-10-6-5-9-19(20)24(28)29/h5-6,9-12,15-16,18H,2-4,7-8,14H2,1H3. The average Bonchev–Trinajstić information content (AvgIpc) is 2.82. The zero-order valence-corrected chi connectivity index (χ0v) is 17.5. The third-order valence-corrected chi connectivity index (χ3v) is 5.55. The molecule has 0 radical (unpaired) electrons. The van der Waals surface area contributed by atoms with Crippen molar-refractivity contribution in [1.29, 1.82) is 5.26 Å². The average molecular weight is 416 g/mol. The number of ether oxygens (including phenoxy) is 2. The first-order valence-corrected chi connectivity index (χ1v) is 10.4. The number of fused-ring (bicyclic) bond motifs is 1. The third-order valence-electron chi connectivity index (χ3n) is 5.55. The Morgan fingerprint density at radius 3 is 2.77 bits per heavy atom. The smallest absolute Gasteiger partial charge is 0.282 e. The van der Waals surface area contributed by atoms with Gasteiger partial charge in [0.25, 0.3) is 5.56 Å². The number of rotatable bonds is 6. The highest BCUT2D eigenvalue weighted by molar-refractivity contribution is 5.81. The molecule has 7 nitrogen and oxygen atoms in total. The van der Waals surface area contributed by atoms with E-state index in [0.717, 1.165) is 37.1 Å². The summed E-state index contributed by atoms with van der Waals surface area (Å²) >= 11 is 0. The Morgan fingerprint density at radius 2 is 2.00 bits per heavy atom. The first-order valence-electron chi connectivity index (χ1n) is 10.4. The normalized spacial score (nSPS) is 14.6. The van der Waals surface area contributed by atoms with E-state index in [9.17, 15) is 4.79 Å². The Balaban J connectivity index is 1.75. The lowest BCUT2D eigenvalue weighted by molar-refractivity contribution is 0.329. The molecular formula is C24H24N4O3. The molecule has 0 unspecified atom stereocenters. The van der Waals surface area contributed by atoms with Crippen LogP contribution in [0.4, 0.5) is 0 Å².